The summed E-state index contributed by atoms with van der Waals surface area (Å²) in [5.41, 5.74) is -0.231. The van der Waals surface area contributed by atoms with Gasteiger partial charge in [-0.3, -0.25) is 10.1 Å². The number of hydrogen-bond donors (Lipinski definition) is 1. The van der Waals surface area contributed by atoms with Crippen molar-refractivity contribution in [2.45, 2.75) is 6.42 Å². The van der Waals surface area contributed by atoms with Crippen LogP contribution in [0.5, 0.6) is 0 Å². The van der Waals surface area contributed by atoms with E-state index in [4.69, 9.17) is 5.90 Å². The maximum absolute atomic E-state index is 13.1. The molecule has 0 aliphatic rings. The Morgan fingerprint density at radius 3 is 2.86 bits per heavy atom. The lowest BCUT2D eigenvalue weighted by molar-refractivity contribution is -0.385. The zero-order chi connectivity index (χ0) is 10.6. The number of hydrogen-bond acceptors (Lipinski definition) is 4. The summed E-state index contributed by atoms with van der Waals surface area (Å²) in [5.74, 6) is 4.15. The van der Waals surface area contributed by atoms with Gasteiger partial charge in [0.1, 0.15) is 5.82 Å². The second-order valence-electron chi connectivity index (χ2n) is 2.62. The highest BCUT2D eigenvalue weighted by molar-refractivity contribution is 5.40. The first kappa shape index (κ1) is 10.6. The lowest BCUT2D eigenvalue weighted by Crippen LogP contribution is -2.07. The largest absolute Gasteiger partial charge is 0.304 e. The first-order valence-corrected chi connectivity index (χ1v) is 3.90. The van der Waals surface area contributed by atoms with Crippen LogP contribution in [0.3, 0.4) is 0 Å². The first-order chi connectivity index (χ1) is 6.66. The van der Waals surface area contributed by atoms with Crippen molar-refractivity contribution in [2.24, 2.45) is 5.90 Å². The molecule has 0 heterocycles. The average Bonchev–Trinajstić information content (AvgIpc) is 2.15. The summed E-state index contributed by atoms with van der Waals surface area (Å²) in [7, 11) is 0. The van der Waals surface area contributed by atoms with E-state index in [0.29, 0.717) is 0 Å². The molecule has 0 atom stereocenters. The molecule has 76 valence electrons. The number of rotatable bonds is 4. The molecule has 0 aromatic heterocycles. The van der Waals surface area contributed by atoms with Crippen LogP contribution in [0, 0.1) is 15.9 Å². The molecule has 0 fully saturated rings. The molecular weight excluding hydrogens is 191 g/mol. The van der Waals surface area contributed by atoms with Gasteiger partial charge in [-0.1, -0.05) is 6.07 Å². The summed E-state index contributed by atoms with van der Waals surface area (Å²) in [5, 5.41) is 10.5. The van der Waals surface area contributed by atoms with Crippen molar-refractivity contribution in [2.75, 3.05) is 6.61 Å². The van der Waals surface area contributed by atoms with Gasteiger partial charge in [-0.15, -0.1) is 0 Å². The fourth-order valence-corrected chi connectivity index (χ4v) is 1.13. The lowest BCUT2D eigenvalue weighted by atomic mass is 10.1. The van der Waals surface area contributed by atoms with Crippen molar-refractivity contribution < 1.29 is 14.2 Å². The van der Waals surface area contributed by atoms with E-state index in [9.17, 15) is 14.5 Å². The lowest BCUT2D eigenvalue weighted by Gasteiger charge is -2.02. The van der Waals surface area contributed by atoms with Gasteiger partial charge in [0.15, 0.2) is 0 Å². The number of nitro groups is 1. The molecule has 0 amide bonds. The fourth-order valence-electron chi connectivity index (χ4n) is 1.13. The molecule has 0 aliphatic heterocycles. The second-order valence-corrected chi connectivity index (χ2v) is 2.62. The SMILES string of the molecule is NOCCc1c(F)cccc1[N+](=O)[O-]. The van der Waals surface area contributed by atoms with E-state index in [2.05, 4.69) is 4.84 Å². The Morgan fingerprint density at radius 1 is 1.57 bits per heavy atom. The second kappa shape index (κ2) is 4.64. The molecule has 2 N–H and O–H groups in total. The van der Waals surface area contributed by atoms with Gasteiger partial charge in [0, 0.05) is 12.5 Å². The third-order valence-corrected chi connectivity index (χ3v) is 1.76. The Hall–Kier alpha value is -1.53. The van der Waals surface area contributed by atoms with Crippen LogP contribution in [-0.4, -0.2) is 11.5 Å². The minimum Gasteiger partial charge on any atom is -0.304 e. The molecule has 6 heteroatoms. The molecule has 0 spiro atoms. The van der Waals surface area contributed by atoms with Crippen molar-refractivity contribution in [3.63, 3.8) is 0 Å². The van der Waals surface area contributed by atoms with E-state index < -0.39 is 10.7 Å². The number of nitrogens with two attached hydrogens (primary N) is 1. The first-order valence-electron chi connectivity index (χ1n) is 3.90. The van der Waals surface area contributed by atoms with E-state index in [1.165, 1.54) is 18.2 Å². The Bertz CT molecular complexity index is 343. The highest BCUT2D eigenvalue weighted by atomic mass is 19.1. The number of benzene rings is 1. The van der Waals surface area contributed by atoms with Gasteiger partial charge < -0.3 is 4.84 Å². The molecule has 0 bridgehead atoms. The molecule has 0 radical (unpaired) electrons. The molecule has 1 aromatic carbocycles. The van der Waals surface area contributed by atoms with E-state index in [-0.39, 0.29) is 24.3 Å². The topological polar surface area (TPSA) is 78.4 Å². The highest BCUT2D eigenvalue weighted by Gasteiger charge is 2.16. The van der Waals surface area contributed by atoms with Crippen LogP contribution < -0.4 is 5.90 Å². The van der Waals surface area contributed by atoms with Crippen LogP contribution in [0.25, 0.3) is 0 Å². The smallest absolute Gasteiger partial charge is 0.275 e. The van der Waals surface area contributed by atoms with Gasteiger partial charge in [-0.2, -0.15) is 0 Å². The van der Waals surface area contributed by atoms with Crippen LogP contribution in [0.1, 0.15) is 5.56 Å². The molecule has 0 saturated carbocycles. The summed E-state index contributed by atoms with van der Waals surface area (Å²) in [6.07, 6.45) is 0.0828. The minimum atomic E-state index is -0.630. The number of nitrogens with zero attached hydrogens (tertiary/aromatic N) is 1. The van der Waals surface area contributed by atoms with Crippen LogP contribution in [0.4, 0.5) is 10.1 Å². The Kier molecular flexibility index (Phi) is 3.49. The minimum absolute atomic E-state index is 0.0166. The zero-order valence-corrected chi connectivity index (χ0v) is 7.27. The van der Waals surface area contributed by atoms with Crippen molar-refractivity contribution in [3.05, 3.63) is 39.7 Å². The van der Waals surface area contributed by atoms with Gasteiger partial charge >= 0.3 is 0 Å². The van der Waals surface area contributed by atoms with E-state index in [0.717, 1.165) is 0 Å². The summed E-state index contributed by atoms with van der Waals surface area (Å²) >= 11 is 0. The van der Waals surface area contributed by atoms with E-state index in [1.807, 2.05) is 0 Å². The summed E-state index contributed by atoms with van der Waals surface area (Å²) in [4.78, 5) is 14.1. The monoisotopic (exact) mass is 200 g/mol. The quantitative estimate of drug-likeness (QED) is 0.584. The Labute approximate surface area is 79.4 Å². The predicted molar refractivity (Wildman–Crippen MR) is 46.9 cm³/mol. The Morgan fingerprint density at radius 2 is 2.29 bits per heavy atom. The van der Waals surface area contributed by atoms with Gasteiger partial charge in [0.2, 0.25) is 0 Å². The summed E-state index contributed by atoms with van der Waals surface area (Å²) in [6, 6.07) is 3.70. The van der Waals surface area contributed by atoms with Crippen molar-refractivity contribution >= 4 is 5.69 Å². The molecule has 1 aromatic rings. The van der Waals surface area contributed by atoms with E-state index >= 15 is 0 Å². The number of nitro benzene ring substituents is 1. The molecule has 14 heavy (non-hydrogen) atoms. The number of halogens is 1. The van der Waals surface area contributed by atoms with Crippen LogP contribution in [0.2, 0.25) is 0 Å². The van der Waals surface area contributed by atoms with Gasteiger partial charge in [-0.25, -0.2) is 10.3 Å². The molecule has 5 nitrogen and oxygen atoms in total. The predicted octanol–water partition coefficient (Wildman–Crippen LogP) is 1.17. The van der Waals surface area contributed by atoms with Crippen LogP contribution >= 0.6 is 0 Å². The van der Waals surface area contributed by atoms with Crippen molar-refractivity contribution in [1.29, 1.82) is 0 Å². The summed E-state index contributed by atoms with van der Waals surface area (Å²) < 4.78 is 13.1. The molecule has 1 rings (SSSR count). The zero-order valence-electron chi connectivity index (χ0n) is 7.27. The normalized spacial score (nSPS) is 10.1. The maximum Gasteiger partial charge on any atom is 0.275 e. The van der Waals surface area contributed by atoms with Crippen LogP contribution in [0.15, 0.2) is 18.2 Å². The third kappa shape index (κ3) is 2.24. The van der Waals surface area contributed by atoms with Crippen LogP contribution in [-0.2, 0) is 11.3 Å². The van der Waals surface area contributed by atoms with Gasteiger partial charge in [0.05, 0.1) is 17.1 Å². The highest BCUT2D eigenvalue weighted by Crippen LogP contribution is 2.21. The van der Waals surface area contributed by atoms with Gasteiger partial charge in [0.25, 0.3) is 5.69 Å². The average molecular weight is 200 g/mol. The van der Waals surface area contributed by atoms with Gasteiger partial charge in [-0.05, 0) is 6.07 Å². The molecule has 0 saturated heterocycles. The molecule has 0 aliphatic carbocycles. The fraction of sp³-hybridized carbons (Fsp3) is 0.250. The molecular formula is C8H9FN2O3. The Balaban J connectivity index is 3.02. The summed E-state index contributed by atoms with van der Waals surface area (Å²) in [6.45, 7) is 0.0434. The van der Waals surface area contributed by atoms with E-state index in [1.54, 1.807) is 0 Å². The third-order valence-electron chi connectivity index (χ3n) is 1.76. The molecule has 0 unspecified atom stereocenters. The maximum atomic E-state index is 13.1. The standard InChI is InChI=1S/C8H9FN2O3/c9-7-2-1-3-8(11(12)13)6(7)4-5-14-10/h1-3H,4-5,10H2. The van der Waals surface area contributed by atoms with Crippen molar-refractivity contribution in [3.8, 4) is 0 Å². The van der Waals surface area contributed by atoms with Crippen molar-refractivity contribution in [1.82, 2.24) is 0 Å².